The van der Waals surface area contributed by atoms with Gasteiger partial charge in [0, 0.05) is 11.6 Å². The van der Waals surface area contributed by atoms with E-state index in [4.69, 9.17) is 22.4 Å². The average molecular weight is 244 g/mol. The summed E-state index contributed by atoms with van der Waals surface area (Å²) in [6, 6.07) is 1.89. The Bertz CT molecular complexity index is 485. The van der Waals surface area contributed by atoms with Crippen LogP contribution in [0.25, 0.3) is 6.08 Å². The van der Waals surface area contributed by atoms with Crippen LogP contribution in [0, 0.1) is 5.82 Å². The van der Waals surface area contributed by atoms with Crippen LogP contribution >= 0.6 is 11.6 Å². The third-order valence-electron chi connectivity index (χ3n) is 1.74. The number of carboxylic acid groups (broad SMARTS) is 1. The average Bonchev–Trinajstić information content (AvgIpc) is 2.18. The molecule has 16 heavy (non-hydrogen) atoms. The molecular formula is C10H7ClFNO3. The minimum Gasteiger partial charge on any atom is -0.478 e. The molecule has 0 saturated carbocycles. The second-order valence-electron chi connectivity index (χ2n) is 2.89. The van der Waals surface area contributed by atoms with Gasteiger partial charge in [0.1, 0.15) is 5.82 Å². The lowest BCUT2D eigenvalue weighted by molar-refractivity contribution is -0.113. The minimum absolute atomic E-state index is 0.00574. The highest BCUT2D eigenvalue weighted by molar-refractivity contribution is 6.33. The van der Waals surface area contributed by atoms with Gasteiger partial charge in [0.15, 0.2) is 0 Å². The SMILES string of the molecule is NC(=O)C=Cc1cc(Cl)c(C(=O)O)cc1F. The topological polar surface area (TPSA) is 80.4 Å². The zero-order valence-corrected chi connectivity index (χ0v) is 8.66. The summed E-state index contributed by atoms with van der Waals surface area (Å²) in [5.41, 5.74) is 4.49. The maximum atomic E-state index is 13.3. The van der Waals surface area contributed by atoms with Gasteiger partial charge in [0.25, 0.3) is 0 Å². The first-order chi connectivity index (χ1) is 7.41. The van der Waals surface area contributed by atoms with Crippen molar-refractivity contribution in [1.82, 2.24) is 0 Å². The molecule has 0 atom stereocenters. The molecule has 0 aliphatic carbocycles. The van der Waals surface area contributed by atoms with E-state index in [1.165, 1.54) is 0 Å². The first kappa shape index (κ1) is 12.2. The number of carbonyl (C=O) groups excluding carboxylic acids is 1. The number of hydrogen-bond acceptors (Lipinski definition) is 2. The lowest BCUT2D eigenvalue weighted by Gasteiger charge is -2.02. The molecule has 0 unspecified atom stereocenters. The summed E-state index contributed by atoms with van der Waals surface area (Å²) in [5, 5.41) is 8.54. The number of rotatable bonds is 3. The van der Waals surface area contributed by atoms with Gasteiger partial charge in [0.05, 0.1) is 10.6 Å². The molecule has 0 aliphatic heterocycles. The lowest BCUT2D eigenvalue weighted by atomic mass is 10.1. The minimum atomic E-state index is -1.32. The van der Waals surface area contributed by atoms with Gasteiger partial charge in [-0.1, -0.05) is 11.6 Å². The van der Waals surface area contributed by atoms with Crippen molar-refractivity contribution in [2.75, 3.05) is 0 Å². The van der Waals surface area contributed by atoms with Crippen molar-refractivity contribution in [3.8, 4) is 0 Å². The summed E-state index contributed by atoms with van der Waals surface area (Å²) in [4.78, 5) is 21.0. The summed E-state index contributed by atoms with van der Waals surface area (Å²) >= 11 is 5.61. The quantitative estimate of drug-likeness (QED) is 0.793. The molecule has 4 nitrogen and oxygen atoms in total. The normalized spacial score (nSPS) is 10.6. The molecule has 84 valence electrons. The van der Waals surface area contributed by atoms with Crippen molar-refractivity contribution in [1.29, 1.82) is 0 Å². The predicted molar refractivity (Wildman–Crippen MR) is 56.6 cm³/mol. The Morgan fingerprint density at radius 1 is 1.44 bits per heavy atom. The van der Waals surface area contributed by atoms with E-state index < -0.39 is 17.7 Å². The summed E-state index contributed by atoms with van der Waals surface area (Å²) in [6.07, 6.45) is 2.07. The Morgan fingerprint density at radius 2 is 2.06 bits per heavy atom. The van der Waals surface area contributed by atoms with Gasteiger partial charge in [0.2, 0.25) is 5.91 Å². The number of aromatic carboxylic acids is 1. The van der Waals surface area contributed by atoms with Gasteiger partial charge < -0.3 is 10.8 Å². The van der Waals surface area contributed by atoms with Crippen LogP contribution in [0.3, 0.4) is 0 Å². The van der Waals surface area contributed by atoms with Gasteiger partial charge >= 0.3 is 5.97 Å². The molecule has 0 spiro atoms. The van der Waals surface area contributed by atoms with E-state index in [1.54, 1.807) is 0 Å². The third-order valence-corrected chi connectivity index (χ3v) is 2.06. The van der Waals surface area contributed by atoms with Crippen LogP contribution in [0.5, 0.6) is 0 Å². The van der Waals surface area contributed by atoms with Crippen LogP contribution in [-0.2, 0) is 4.79 Å². The molecule has 0 bridgehead atoms. The van der Waals surface area contributed by atoms with Crippen molar-refractivity contribution in [3.05, 3.63) is 40.2 Å². The Balaban J connectivity index is 3.20. The number of benzene rings is 1. The largest absolute Gasteiger partial charge is 0.478 e. The van der Waals surface area contributed by atoms with Gasteiger partial charge in [-0.15, -0.1) is 0 Å². The van der Waals surface area contributed by atoms with E-state index in [0.29, 0.717) is 0 Å². The number of carboxylic acids is 1. The van der Waals surface area contributed by atoms with Gasteiger partial charge in [-0.05, 0) is 18.2 Å². The fraction of sp³-hybridized carbons (Fsp3) is 0. The summed E-state index contributed by atoms with van der Waals surface area (Å²) in [6.45, 7) is 0. The molecule has 0 heterocycles. The molecule has 0 aromatic heterocycles. The van der Waals surface area contributed by atoms with E-state index in [9.17, 15) is 14.0 Å². The maximum Gasteiger partial charge on any atom is 0.337 e. The fourth-order valence-corrected chi connectivity index (χ4v) is 1.28. The number of nitrogens with two attached hydrogens (primary N) is 1. The Hall–Kier alpha value is -1.88. The zero-order valence-electron chi connectivity index (χ0n) is 7.91. The van der Waals surface area contributed by atoms with Crippen molar-refractivity contribution in [3.63, 3.8) is 0 Å². The molecule has 1 aromatic carbocycles. The Morgan fingerprint density at radius 3 is 2.56 bits per heavy atom. The molecule has 6 heteroatoms. The molecule has 1 rings (SSSR count). The van der Waals surface area contributed by atoms with Crippen molar-refractivity contribution in [2.24, 2.45) is 5.73 Å². The Kier molecular flexibility index (Phi) is 3.63. The van der Waals surface area contributed by atoms with E-state index >= 15 is 0 Å². The highest BCUT2D eigenvalue weighted by Crippen LogP contribution is 2.21. The smallest absolute Gasteiger partial charge is 0.337 e. The molecular weight excluding hydrogens is 237 g/mol. The number of carbonyl (C=O) groups is 2. The molecule has 1 amide bonds. The third kappa shape index (κ3) is 2.80. The second-order valence-corrected chi connectivity index (χ2v) is 3.30. The molecule has 0 aliphatic rings. The summed E-state index contributed by atoms with van der Waals surface area (Å²) in [7, 11) is 0. The van der Waals surface area contributed by atoms with Gasteiger partial charge in [-0.2, -0.15) is 0 Å². The van der Waals surface area contributed by atoms with Crippen LogP contribution in [0.15, 0.2) is 18.2 Å². The molecule has 0 saturated heterocycles. The molecule has 0 radical (unpaired) electrons. The summed E-state index contributed by atoms with van der Waals surface area (Å²) < 4.78 is 13.3. The van der Waals surface area contributed by atoms with Crippen molar-refractivity contribution in [2.45, 2.75) is 0 Å². The van der Waals surface area contributed by atoms with Crippen molar-refractivity contribution >= 4 is 29.6 Å². The highest BCUT2D eigenvalue weighted by Gasteiger charge is 2.12. The standard InChI is InChI=1S/C10H7ClFNO3/c11-7-3-5(1-2-9(13)14)8(12)4-6(7)10(15)16/h1-4H,(H2,13,14)(H,15,16). The van der Waals surface area contributed by atoms with E-state index in [1.807, 2.05) is 0 Å². The fourth-order valence-electron chi connectivity index (χ4n) is 1.03. The zero-order chi connectivity index (χ0) is 12.3. The van der Waals surface area contributed by atoms with Gasteiger partial charge in [-0.25, -0.2) is 9.18 Å². The van der Waals surface area contributed by atoms with Crippen LogP contribution in [-0.4, -0.2) is 17.0 Å². The van der Waals surface area contributed by atoms with Crippen molar-refractivity contribution < 1.29 is 19.1 Å². The van der Waals surface area contributed by atoms with E-state index in [-0.39, 0.29) is 16.1 Å². The van der Waals surface area contributed by atoms with Crippen LogP contribution in [0.4, 0.5) is 4.39 Å². The summed E-state index contributed by atoms with van der Waals surface area (Å²) in [5.74, 6) is -2.86. The maximum absolute atomic E-state index is 13.3. The predicted octanol–water partition coefficient (Wildman–Crippen LogP) is 1.68. The number of amides is 1. The number of halogens is 2. The van der Waals surface area contributed by atoms with E-state index in [0.717, 1.165) is 24.3 Å². The van der Waals surface area contributed by atoms with Gasteiger partial charge in [-0.3, -0.25) is 4.79 Å². The lowest BCUT2D eigenvalue weighted by Crippen LogP contribution is -2.05. The molecule has 0 fully saturated rings. The first-order valence-corrected chi connectivity index (χ1v) is 4.49. The monoisotopic (exact) mass is 243 g/mol. The van der Waals surface area contributed by atoms with Crippen LogP contribution in [0.1, 0.15) is 15.9 Å². The molecule has 1 aromatic rings. The Labute approximate surface area is 95.1 Å². The van der Waals surface area contributed by atoms with Crippen LogP contribution < -0.4 is 5.73 Å². The first-order valence-electron chi connectivity index (χ1n) is 4.11. The highest BCUT2D eigenvalue weighted by atomic mass is 35.5. The number of primary amides is 1. The molecule has 3 N–H and O–H groups in total. The number of hydrogen-bond donors (Lipinski definition) is 2. The second kappa shape index (κ2) is 4.76. The van der Waals surface area contributed by atoms with Crippen LogP contribution in [0.2, 0.25) is 5.02 Å². The van der Waals surface area contributed by atoms with E-state index in [2.05, 4.69) is 0 Å².